The molecule has 7 heteroatoms. The summed E-state index contributed by atoms with van der Waals surface area (Å²) >= 11 is 0. The van der Waals surface area contributed by atoms with Crippen LogP contribution in [0.4, 0.5) is 5.82 Å². The fourth-order valence-corrected chi connectivity index (χ4v) is 2.12. The van der Waals surface area contributed by atoms with E-state index in [2.05, 4.69) is 25.6 Å². The molecule has 3 rings (SSSR count). The molecule has 0 atom stereocenters. The van der Waals surface area contributed by atoms with Gasteiger partial charge in [-0.2, -0.15) is 5.10 Å². The van der Waals surface area contributed by atoms with Crippen molar-refractivity contribution in [2.75, 3.05) is 19.5 Å². The van der Waals surface area contributed by atoms with E-state index in [1.165, 1.54) is 0 Å². The number of anilines is 1. The van der Waals surface area contributed by atoms with Crippen LogP contribution in [-0.4, -0.2) is 39.1 Å². The molecule has 0 aliphatic carbocycles. The molecule has 1 N–H and O–H groups in total. The number of methoxy groups -OCH3 is 1. The lowest BCUT2D eigenvalue weighted by molar-refractivity contribution is 0.400. The highest BCUT2D eigenvalue weighted by Crippen LogP contribution is 2.30. The molecule has 0 amide bonds. The maximum absolute atomic E-state index is 5.41. The average molecular weight is 296 g/mol. The van der Waals surface area contributed by atoms with Gasteiger partial charge in [0, 0.05) is 31.4 Å². The Hall–Kier alpha value is -2.96. The molecular formula is C15H16N6O. The summed E-state index contributed by atoms with van der Waals surface area (Å²) in [6.45, 7) is 0. The molecule has 3 heterocycles. The number of nitrogens with zero attached hydrogens (tertiary/aromatic N) is 5. The monoisotopic (exact) mass is 296 g/mol. The van der Waals surface area contributed by atoms with Gasteiger partial charge in [-0.25, -0.2) is 4.98 Å². The van der Waals surface area contributed by atoms with Gasteiger partial charge in [0.05, 0.1) is 19.0 Å². The van der Waals surface area contributed by atoms with Crippen LogP contribution in [0.1, 0.15) is 0 Å². The second kappa shape index (κ2) is 5.80. The average Bonchev–Trinajstić information content (AvgIpc) is 3.00. The molecular weight excluding hydrogens is 280 g/mol. The summed E-state index contributed by atoms with van der Waals surface area (Å²) in [5.41, 5.74) is 3.24. The first-order valence-electron chi connectivity index (χ1n) is 6.77. The number of hydrogen-bond acceptors (Lipinski definition) is 6. The molecule has 0 bridgehead atoms. The Morgan fingerprint density at radius 2 is 1.91 bits per heavy atom. The van der Waals surface area contributed by atoms with Crippen LogP contribution in [-0.2, 0) is 7.05 Å². The molecule has 3 aromatic heterocycles. The highest BCUT2D eigenvalue weighted by molar-refractivity contribution is 5.70. The Bertz CT molecular complexity index is 781. The molecule has 112 valence electrons. The van der Waals surface area contributed by atoms with Crippen molar-refractivity contribution in [3.63, 3.8) is 0 Å². The summed E-state index contributed by atoms with van der Waals surface area (Å²) in [6, 6.07) is 7.57. The molecule has 0 saturated heterocycles. The molecule has 3 aromatic rings. The van der Waals surface area contributed by atoms with Crippen LogP contribution < -0.4 is 10.1 Å². The standard InChI is InChI=1S/C15H16N6O/c1-16-14-7-6-13(19-20-14)12-5-4-11(15(18-12)22-3)10-8-17-21(2)9-10/h4-9H,1-3H3,(H,16,20). The predicted octanol–water partition coefficient (Wildman–Crippen LogP) is 1.99. The van der Waals surface area contributed by atoms with Gasteiger partial charge in [-0.05, 0) is 24.3 Å². The van der Waals surface area contributed by atoms with Crippen molar-refractivity contribution in [1.82, 2.24) is 25.0 Å². The van der Waals surface area contributed by atoms with Gasteiger partial charge >= 0.3 is 0 Å². The van der Waals surface area contributed by atoms with Crippen molar-refractivity contribution >= 4 is 5.82 Å². The van der Waals surface area contributed by atoms with E-state index in [1.54, 1.807) is 25.0 Å². The molecule has 7 nitrogen and oxygen atoms in total. The van der Waals surface area contributed by atoms with Gasteiger partial charge in [-0.3, -0.25) is 4.68 Å². The quantitative estimate of drug-likeness (QED) is 0.793. The lowest BCUT2D eigenvalue weighted by Crippen LogP contribution is -1.98. The van der Waals surface area contributed by atoms with E-state index in [4.69, 9.17) is 4.74 Å². The van der Waals surface area contributed by atoms with Crippen molar-refractivity contribution in [1.29, 1.82) is 0 Å². The van der Waals surface area contributed by atoms with Crippen molar-refractivity contribution < 1.29 is 4.74 Å². The summed E-state index contributed by atoms with van der Waals surface area (Å²) in [4.78, 5) is 4.52. The Morgan fingerprint density at radius 3 is 2.50 bits per heavy atom. The predicted molar refractivity (Wildman–Crippen MR) is 83.6 cm³/mol. The van der Waals surface area contributed by atoms with E-state index in [9.17, 15) is 0 Å². The number of aromatic nitrogens is 5. The van der Waals surface area contributed by atoms with E-state index in [1.807, 2.05) is 37.5 Å². The minimum Gasteiger partial charge on any atom is -0.481 e. The number of aryl methyl sites for hydroxylation is 1. The van der Waals surface area contributed by atoms with E-state index in [-0.39, 0.29) is 0 Å². The van der Waals surface area contributed by atoms with Crippen LogP contribution in [0.25, 0.3) is 22.5 Å². The third-order valence-corrected chi connectivity index (χ3v) is 3.25. The fraction of sp³-hybridized carbons (Fsp3) is 0.200. The van der Waals surface area contributed by atoms with Crippen LogP contribution >= 0.6 is 0 Å². The molecule has 0 aliphatic heterocycles. The first kappa shape index (κ1) is 14.0. The van der Waals surface area contributed by atoms with E-state index in [0.29, 0.717) is 23.1 Å². The van der Waals surface area contributed by atoms with Gasteiger partial charge in [0.2, 0.25) is 5.88 Å². The van der Waals surface area contributed by atoms with Gasteiger partial charge in [-0.15, -0.1) is 10.2 Å². The normalized spacial score (nSPS) is 10.5. The minimum absolute atomic E-state index is 0.532. The summed E-state index contributed by atoms with van der Waals surface area (Å²) in [7, 11) is 5.27. The van der Waals surface area contributed by atoms with Crippen molar-refractivity contribution in [2.24, 2.45) is 7.05 Å². The summed E-state index contributed by atoms with van der Waals surface area (Å²) in [5.74, 6) is 1.24. The van der Waals surface area contributed by atoms with Crippen LogP contribution in [0.15, 0.2) is 36.7 Å². The number of nitrogens with one attached hydrogen (secondary N) is 1. The molecule has 0 radical (unpaired) electrons. The van der Waals surface area contributed by atoms with Crippen molar-refractivity contribution in [3.8, 4) is 28.4 Å². The van der Waals surface area contributed by atoms with Crippen molar-refractivity contribution in [2.45, 2.75) is 0 Å². The van der Waals surface area contributed by atoms with Crippen LogP contribution in [0.5, 0.6) is 5.88 Å². The van der Waals surface area contributed by atoms with Gasteiger partial charge < -0.3 is 10.1 Å². The number of ether oxygens (including phenoxy) is 1. The third-order valence-electron chi connectivity index (χ3n) is 3.25. The summed E-state index contributed by atoms with van der Waals surface area (Å²) in [5, 5.41) is 15.3. The lowest BCUT2D eigenvalue weighted by atomic mass is 10.1. The summed E-state index contributed by atoms with van der Waals surface area (Å²) in [6.07, 6.45) is 3.70. The highest BCUT2D eigenvalue weighted by Gasteiger charge is 2.12. The van der Waals surface area contributed by atoms with E-state index >= 15 is 0 Å². The number of rotatable bonds is 4. The fourth-order valence-electron chi connectivity index (χ4n) is 2.12. The molecule has 0 aromatic carbocycles. The van der Waals surface area contributed by atoms with Gasteiger partial charge in [0.25, 0.3) is 0 Å². The molecule has 0 aliphatic rings. The maximum atomic E-state index is 5.41. The van der Waals surface area contributed by atoms with Gasteiger partial charge in [0.1, 0.15) is 11.5 Å². The Kier molecular flexibility index (Phi) is 3.69. The lowest BCUT2D eigenvalue weighted by Gasteiger charge is -2.08. The second-order valence-corrected chi connectivity index (χ2v) is 4.71. The Morgan fingerprint density at radius 1 is 1.09 bits per heavy atom. The molecule has 0 fully saturated rings. The van der Waals surface area contributed by atoms with Crippen LogP contribution in [0.2, 0.25) is 0 Å². The largest absolute Gasteiger partial charge is 0.481 e. The van der Waals surface area contributed by atoms with Crippen LogP contribution in [0.3, 0.4) is 0 Å². The van der Waals surface area contributed by atoms with Gasteiger partial charge in [0.15, 0.2) is 0 Å². The van der Waals surface area contributed by atoms with Gasteiger partial charge in [-0.1, -0.05) is 0 Å². The van der Waals surface area contributed by atoms with Crippen molar-refractivity contribution in [3.05, 3.63) is 36.7 Å². The topological polar surface area (TPSA) is 77.8 Å². The maximum Gasteiger partial charge on any atom is 0.221 e. The first-order valence-corrected chi connectivity index (χ1v) is 6.77. The minimum atomic E-state index is 0.532. The third kappa shape index (κ3) is 2.60. The zero-order valence-corrected chi connectivity index (χ0v) is 12.6. The number of hydrogen-bond donors (Lipinski definition) is 1. The second-order valence-electron chi connectivity index (χ2n) is 4.71. The van der Waals surface area contributed by atoms with Crippen LogP contribution in [0, 0.1) is 0 Å². The summed E-state index contributed by atoms with van der Waals surface area (Å²) < 4.78 is 7.15. The molecule has 0 unspecified atom stereocenters. The highest BCUT2D eigenvalue weighted by atomic mass is 16.5. The molecule has 0 saturated carbocycles. The van der Waals surface area contributed by atoms with E-state index in [0.717, 1.165) is 11.1 Å². The molecule has 0 spiro atoms. The smallest absolute Gasteiger partial charge is 0.221 e. The van der Waals surface area contributed by atoms with E-state index < -0.39 is 0 Å². The Balaban J connectivity index is 2.00. The SMILES string of the molecule is CNc1ccc(-c2ccc(-c3cnn(C)c3)c(OC)n2)nn1. The Labute approximate surface area is 128 Å². The molecule has 22 heavy (non-hydrogen) atoms. The first-order chi connectivity index (χ1) is 10.7. The zero-order chi connectivity index (χ0) is 15.5. The number of pyridine rings is 1. The zero-order valence-electron chi connectivity index (χ0n) is 12.6.